The first-order chi connectivity index (χ1) is 11.1. The van der Waals surface area contributed by atoms with Crippen molar-refractivity contribution in [1.82, 2.24) is 19.8 Å². The molecule has 0 unspecified atom stereocenters. The fourth-order valence-corrected chi connectivity index (χ4v) is 3.34. The summed E-state index contributed by atoms with van der Waals surface area (Å²) in [6.45, 7) is 11.2. The molecule has 0 saturated carbocycles. The number of hydrogen-bond acceptors (Lipinski definition) is 4. The third-order valence-corrected chi connectivity index (χ3v) is 4.63. The summed E-state index contributed by atoms with van der Waals surface area (Å²) in [6.07, 6.45) is 7.63. The lowest BCUT2D eigenvalue weighted by molar-refractivity contribution is 0.0492. The number of aromatic nitrogens is 2. The van der Waals surface area contributed by atoms with Crippen LogP contribution in [0.3, 0.4) is 0 Å². The van der Waals surface area contributed by atoms with Gasteiger partial charge >= 0.3 is 0 Å². The van der Waals surface area contributed by atoms with Crippen molar-refractivity contribution in [3.8, 4) is 0 Å². The highest BCUT2D eigenvalue weighted by Gasteiger charge is 2.30. The van der Waals surface area contributed by atoms with Crippen LogP contribution in [-0.4, -0.2) is 51.5 Å². The van der Waals surface area contributed by atoms with Gasteiger partial charge in [0.2, 0.25) is 0 Å². The summed E-state index contributed by atoms with van der Waals surface area (Å²) in [5, 5.41) is 0. The van der Waals surface area contributed by atoms with E-state index in [0.29, 0.717) is 0 Å². The highest BCUT2D eigenvalue weighted by molar-refractivity contribution is 5.28. The Morgan fingerprint density at radius 1 is 0.870 bits per heavy atom. The molecule has 0 atom stereocenters. The summed E-state index contributed by atoms with van der Waals surface area (Å²) in [7, 11) is 0. The van der Waals surface area contributed by atoms with Gasteiger partial charge < -0.3 is 0 Å². The maximum Gasteiger partial charge on any atom is 0.0633 e. The Bertz CT molecular complexity index is 559. The largest absolute Gasteiger partial charge is 0.296 e. The summed E-state index contributed by atoms with van der Waals surface area (Å²) in [5.41, 5.74) is 2.72. The van der Waals surface area contributed by atoms with Crippen molar-refractivity contribution in [2.45, 2.75) is 32.4 Å². The number of pyridine rings is 2. The van der Waals surface area contributed by atoms with E-state index in [1.165, 1.54) is 11.1 Å². The van der Waals surface area contributed by atoms with Crippen molar-refractivity contribution < 1.29 is 0 Å². The molecule has 2 aromatic rings. The zero-order valence-corrected chi connectivity index (χ0v) is 14.3. The summed E-state index contributed by atoms with van der Waals surface area (Å²) in [6, 6.07) is 8.61. The lowest BCUT2D eigenvalue weighted by Crippen LogP contribution is -2.54. The van der Waals surface area contributed by atoms with Crippen molar-refractivity contribution in [3.05, 3.63) is 60.2 Å². The normalized spacial score (nSPS) is 17.6. The molecular weight excluding hydrogens is 284 g/mol. The molecule has 1 saturated heterocycles. The molecule has 3 rings (SSSR count). The Morgan fingerprint density at radius 3 is 1.78 bits per heavy atom. The van der Waals surface area contributed by atoms with Crippen LogP contribution in [0.25, 0.3) is 0 Å². The van der Waals surface area contributed by atoms with Crippen LogP contribution < -0.4 is 0 Å². The fraction of sp³-hybridized carbons (Fsp3) is 0.474. The maximum absolute atomic E-state index is 4.32. The van der Waals surface area contributed by atoms with Gasteiger partial charge in [-0.25, -0.2) is 0 Å². The van der Waals surface area contributed by atoms with Crippen LogP contribution in [0.2, 0.25) is 0 Å². The van der Waals surface area contributed by atoms with Crippen LogP contribution in [0.1, 0.15) is 37.9 Å². The topological polar surface area (TPSA) is 32.3 Å². The summed E-state index contributed by atoms with van der Waals surface area (Å²) in [4.78, 5) is 13.8. The Labute approximate surface area is 139 Å². The van der Waals surface area contributed by atoms with E-state index in [-0.39, 0.29) is 11.6 Å². The van der Waals surface area contributed by atoms with E-state index >= 15 is 0 Å². The van der Waals surface area contributed by atoms with Crippen molar-refractivity contribution in [2.75, 3.05) is 26.2 Å². The van der Waals surface area contributed by atoms with E-state index in [1.54, 1.807) is 0 Å². The second-order valence-corrected chi connectivity index (χ2v) is 7.17. The molecule has 0 amide bonds. The molecule has 4 nitrogen and oxygen atoms in total. The van der Waals surface area contributed by atoms with E-state index in [1.807, 2.05) is 36.9 Å². The maximum atomic E-state index is 4.32. The molecule has 1 aliphatic heterocycles. The minimum atomic E-state index is 0.236. The number of piperazine rings is 1. The van der Waals surface area contributed by atoms with Gasteiger partial charge in [0.15, 0.2) is 0 Å². The van der Waals surface area contributed by atoms with Gasteiger partial charge in [0.1, 0.15) is 0 Å². The van der Waals surface area contributed by atoms with E-state index in [4.69, 9.17) is 0 Å². The molecule has 0 aliphatic carbocycles. The molecule has 0 radical (unpaired) electrons. The molecule has 4 heteroatoms. The van der Waals surface area contributed by atoms with Crippen molar-refractivity contribution >= 4 is 0 Å². The molecule has 1 aliphatic rings. The zero-order valence-electron chi connectivity index (χ0n) is 14.3. The predicted molar refractivity (Wildman–Crippen MR) is 93.2 cm³/mol. The molecule has 0 N–H and O–H groups in total. The van der Waals surface area contributed by atoms with Crippen molar-refractivity contribution in [2.24, 2.45) is 0 Å². The highest BCUT2D eigenvalue weighted by atomic mass is 15.3. The van der Waals surface area contributed by atoms with Crippen LogP contribution in [0, 0.1) is 0 Å². The second-order valence-electron chi connectivity index (χ2n) is 7.17. The van der Waals surface area contributed by atoms with E-state index in [0.717, 1.165) is 26.2 Å². The molecule has 0 spiro atoms. The Morgan fingerprint density at radius 2 is 1.39 bits per heavy atom. The minimum Gasteiger partial charge on any atom is -0.296 e. The first-order valence-electron chi connectivity index (χ1n) is 8.34. The summed E-state index contributed by atoms with van der Waals surface area (Å²) >= 11 is 0. The number of rotatable bonds is 3. The first-order valence-corrected chi connectivity index (χ1v) is 8.34. The second kappa shape index (κ2) is 6.77. The predicted octanol–water partition coefficient (Wildman–Crippen LogP) is 2.98. The molecule has 3 heterocycles. The van der Waals surface area contributed by atoms with E-state index < -0.39 is 0 Å². The Balaban J connectivity index is 1.83. The van der Waals surface area contributed by atoms with E-state index in [9.17, 15) is 0 Å². The van der Waals surface area contributed by atoms with Crippen molar-refractivity contribution in [1.29, 1.82) is 0 Å². The van der Waals surface area contributed by atoms with Crippen molar-refractivity contribution in [3.63, 3.8) is 0 Å². The fourth-order valence-electron chi connectivity index (χ4n) is 3.34. The smallest absolute Gasteiger partial charge is 0.0633 e. The molecule has 122 valence electrons. The monoisotopic (exact) mass is 310 g/mol. The molecule has 0 aromatic carbocycles. The average molecular weight is 310 g/mol. The minimum absolute atomic E-state index is 0.236. The van der Waals surface area contributed by atoms with Gasteiger partial charge in [-0.1, -0.05) is 12.1 Å². The van der Waals surface area contributed by atoms with Gasteiger partial charge in [-0.05, 0) is 44.0 Å². The quantitative estimate of drug-likeness (QED) is 0.872. The number of hydrogen-bond donors (Lipinski definition) is 0. The highest BCUT2D eigenvalue weighted by Crippen LogP contribution is 2.29. The Kier molecular flexibility index (Phi) is 4.74. The lowest BCUT2D eigenvalue weighted by Gasteiger charge is -2.44. The zero-order chi connectivity index (χ0) is 16.3. The Hall–Kier alpha value is -1.78. The SMILES string of the molecule is CC(C)(C)N1CCN(C(c2cccnc2)c2cccnc2)CC1. The van der Waals surface area contributed by atoms with Crippen LogP contribution in [0.15, 0.2) is 49.1 Å². The van der Waals surface area contributed by atoms with Gasteiger partial charge in [-0.2, -0.15) is 0 Å². The summed E-state index contributed by atoms with van der Waals surface area (Å²) in [5.74, 6) is 0. The number of nitrogens with zero attached hydrogens (tertiary/aromatic N) is 4. The standard InChI is InChI=1S/C19H26N4/c1-19(2,3)23-12-10-22(11-13-23)18(16-6-4-8-20-14-16)17-7-5-9-21-15-17/h4-9,14-15,18H,10-13H2,1-3H3. The lowest BCUT2D eigenvalue weighted by atomic mass is 9.98. The summed E-state index contributed by atoms with van der Waals surface area (Å²) < 4.78 is 0. The van der Waals surface area contributed by atoms with Crippen LogP contribution in [0.4, 0.5) is 0 Å². The van der Waals surface area contributed by atoms with Crippen LogP contribution in [-0.2, 0) is 0 Å². The molecule has 1 fully saturated rings. The third kappa shape index (κ3) is 3.77. The van der Waals surface area contributed by atoms with Gasteiger partial charge in [0.05, 0.1) is 6.04 Å². The van der Waals surface area contributed by atoms with Crippen LogP contribution in [0.5, 0.6) is 0 Å². The van der Waals surface area contributed by atoms with Gasteiger partial charge in [0, 0.05) is 56.5 Å². The van der Waals surface area contributed by atoms with E-state index in [2.05, 4.69) is 52.7 Å². The van der Waals surface area contributed by atoms with Gasteiger partial charge in [-0.15, -0.1) is 0 Å². The average Bonchev–Trinajstić information content (AvgIpc) is 2.57. The molecule has 0 bridgehead atoms. The van der Waals surface area contributed by atoms with Gasteiger partial charge in [0.25, 0.3) is 0 Å². The molecular formula is C19H26N4. The molecule has 2 aromatic heterocycles. The first kappa shape index (κ1) is 16.1. The molecule has 23 heavy (non-hydrogen) atoms. The van der Waals surface area contributed by atoms with Gasteiger partial charge in [-0.3, -0.25) is 19.8 Å². The third-order valence-electron chi connectivity index (χ3n) is 4.63. The van der Waals surface area contributed by atoms with Crippen LogP contribution >= 0.6 is 0 Å².